The second kappa shape index (κ2) is 5.98. The summed E-state index contributed by atoms with van der Waals surface area (Å²) in [6.07, 6.45) is -0.223. The molecule has 0 aliphatic heterocycles. The van der Waals surface area contributed by atoms with Crippen LogP contribution in [-0.2, 0) is 6.18 Å². The van der Waals surface area contributed by atoms with Gasteiger partial charge in [-0.3, -0.25) is 0 Å². The monoisotopic (exact) mass is 250 g/mol. The Morgan fingerprint density at radius 3 is 2.81 bits per heavy atom. The van der Waals surface area contributed by atoms with Gasteiger partial charge >= 0.3 is 6.18 Å². The third kappa shape index (κ3) is 3.92. The SMILES string of the molecule is CSCCCNc1ncccc1C(F)(F)F. The molecule has 0 radical (unpaired) electrons. The molecule has 90 valence electrons. The third-order valence-corrected chi connectivity index (χ3v) is 2.63. The molecule has 0 amide bonds. The first-order chi connectivity index (χ1) is 7.55. The van der Waals surface area contributed by atoms with Crippen molar-refractivity contribution in [2.45, 2.75) is 12.6 Å². The minimum absolute atomic E-state index is 0.0869. The molecule has 1 N–H and O–H groups in total. The average Bonchev–Trinajstić information content (AvgIpc) is 2.24. The molecule has 0 unspecified atom stereocenters. The lowest BCUT2D eigenvalue weighted by Crippen LogP contribution is -2.13. The fourth-order valence-corrected chi connectivity index (χ4v) is 1.63. The van der Waals surface area contributed by atoms with Crippen molar-refractivity contribution in [3.05, 3.63) is 23.9 Å². The maximum absolute atomic E-state index is 12.5. The Bertz CT molecular complexity index is 328. The van der Waals surface area contributed by atoms with Gasteiger partial charge < -0.3 is 5.32 Å². The van der Waals surface area contributed by atoms with E-state index in [1.165, 1.54) is 12.3 Å². The van der Waals surface area contributed by atoms with Crippen molar-refractivity contribution >= 4 is 17.6 Å². The van der Waals surface area contributed by atoms with Gasteiger partial charge in [-0.1, -0.05) is 0 Å². The minimum Gasteiger partial charge on any atom is -0.370 e. The molecule has 2 nitrogen and oxygen atoms in total. The molecule has 16 heavy (non-hydrogen) atoms. The number of nitrogens with zero attached hydrogens (tertiary/aromatic N) is 1. The largest absolute Gasteiger partial charge is 0.419 e. The Morgan fingerprint density at radius 2 is 2.19 bits per heavy atom. The van der Waals surface area contributed by atoms with Gasteiger partial charge in [0.05, 0.1) is 5.56 Å². The summed E-state index contributed by atoms with van der Waals surface area (Å²) in [5.74, 6) is 0.831. The van der Waals surface area contributed by atoms with E-state index in [4.69, 9.17) is 0 Å². The fraction of sp³-hybridized carbons (Fsp3) is 0.500. The van der Waals surface area contributed by atoms with Crippen LogP contribution in [-0.4, -0.2) is 23.5 Å². The van der Waals surface area contributed by atoms with Gasteiger partial charge in [0, 0.05) is 12.7 Å². The molecular formula is C10H13F3N2S. The summed E-state index contributed by atoms with van der Waals surface area (Å²) in [7, 11) is 0. The van der Waals surface area contributed by atoms with Crippen LogP contribution < -0.4 is 5.32 Å². The molecular weight excluding hydrogens is 237 g/mol. The van der Waals surface area contributed by atoms with Crippen LogP contribution in [0, 0.1) is 0 Å². The lowest BCUT2D eigenvalue weighted by Gasteiger charge is -2.12. The van der Waals surface area contributed by atoms with E-state index in [0.29, 0.717) is 6.54 Å². The van der Waals surface area contributed by atoms with Crippen LogP contribution >= 0.6 is 11.8 Å². The summed E-state index contributed by atoms with van der Waals surface area (Å²) >= 11 is 1.66. The summed E-state index contributed by atoms with van der Waals surface area (Å²) in [5, 5.41) is 2.71. The van der Waals surface area contributed by atoms with Crippen LogP contribution in [0.5, 0.6) is 0 Å². The van der Waals surface area contributed by atoms with Gasteiger partial charge in [-0.05, 0) is 30.6 Å². The Kier molecular flexibility index (Phi) is 4.92. The van der Waals surface area contributed by atoms with Crippen molar-refractivity contribution in [2.24, 2.45) is 0 Å². The molecule has 0 atom stereocenters. The molecule has 1 rings (SSSR count). The van der Waals surface area contributed by atoms with Crippen molar-refractivity contribution in [3.63, 3.8) is 0 Å². The fourth-order valence-electron chi connectivity index (χ4n) is 1.20. The smallest absolute Gasteiger partial charge is 0.370 e. The van der Waals surface area contributed by atoms with Gasteiger partial charge in [0.15, 0.2) is 0 Å². The summed E-state index contributed by atoms with van der Waals surface area (Å²) in [6.45, 7) is 0.501. The number of hydrogen-bond donors (Lipinski definition) is 1. The summed E-state index contributed by atoms with van der Waals surface area (Å²) in [5.41, 5.74) is -0.709. The lowest BCUT2D eigenvalue weighted by atomic mass is 10.2. The first-order valence-corrected chi connectivity index (χ1v) is 6.20. The van der Waals surface area contributed by atoms with Gasteiger partial charge in [-0.25, -0.2) is 4.98 Å². The van der Waals surface area contributed by atoms with E-state index >= 15 is 0 Å². The normalized spacial score (nSPS) is 11.5. The Labute approximate surface area is 96.6 Å². The second-order valence-electron chi connectivity index (χ2n) is 3.17. The summed E-state index contributed by atoms with van der Waals surface area (Å²) in [6, 6.07) is 2.32. The first kappa shape index (κ1) is 13.2. The third-order valence-electron chi connectivity index (χ3n) is 1.93. The minimum atomic E-state index is -4.35. The average molecular weight is 250 g/mol. The number of alkyl halides is 3. The lowest BCUT2D eigenvalue weighted by molar-refractivity contribution is -0.137. The molecule has 1 aromatic rings. The topological polar surface area (TPSA) is 24.9 Å². The molecule has 0 aromatic carbocycles. The molecule has 6 heteroatoms. The number of anilines is 1. The molecule has 0 aliphatic rings. The number of halogens is 3. The number of thioether (sulfide) groups is 1. The highest BCUT2D eigenvalue weighted by Gasteiger charge is 2.33. The van der Waals surface area contributed by atoms with Crippen molar-refractivity contribution in [2.75, 3.05) is 23.9 Å². The Balaban J connectivity index is 2.65. The highest BCUT2D eigenvalue weighted by molar-refractivity contribution is 7.98. The Morgan fingerprint density at radius 1 is 1.44 bits per heavy atom. The zero-order valence-electron chi connectivity index (χ0n) is 8.84. The van der Waals surface area contributed by atoms with E-state index in [0.717, 1.165) is 18.2 Å². The zero-order chi connectivity index (χ0) is 12.0. The number of rotatable bonds is 5. The van der Waals surface area contributed by atoms with E-state index in [1.807, 2.05) is 6.26 Å². The molecule has 0 spiro atoms. The zero-order valence-corrected chi connectivity index (χ0v) is 9.66. The first-order valence-electron chi connectivity index (χ1n) is 4.80. The molecule has 0 saturated heterocycles. The van der Waals surface area contributed by atoms with Crippen molar-refractivity contribution < 1.29 is 13.2 Å². The van der Waals surface area contributed by atoms with Crippen LogP contribution in [0.4, 0.5) is 19.0 Å². The molecule has 1 heterocycles. The van der Waals surface area contributed by atoms with Gasteiger partial charge in [-0.15, -0.1) is 0 Å². The maximum atomic E-state index is 12.5. The van der Waals surface area contributed by atoms with Crippen LogP contribution in [0.3, 0.4) is 0 Å². The predicted molar refractivity (Wildman–Crippen MR) is 60.7 cm³/mol. The van der Waals surface area contributed by atoms with Crippen LogP contribution in [0.2, 0.25) is 0 Å². The molecule has 0 saturated carbocycles. The van der Waals surface area contributed by atoms with Crippen LogP contribution in [0.15, 0.2) is 18.3 Å². The van der Waals surface area contributed by atoms with E-state index in [-0.39, 0.29) is 5.82 Å². The molecule has 0 fully saturated rings. The van der Waals surface area contributed by atoms with Crippen molar-refractivity contribution in [1.29, 1.82) is 0 Å². The molecule has 0 bridgehead atoms. The summed E-state index contributed by atoms with van der Waals surface area (Å²) in [4.78, 5) is 3.70. The highest BCUT2D eigenvalue weighted by Crippen LogP contribution is 2.33. The van der Waals surface area contributed by atoms with Gasteiger partial charge in [0.1, 0.15) is 5.82 Å². The highest BCUT2D eigenvalue weighted by atomic mass is 32.2. The standard InChI is InChI=1S/C10H13F3N2S/c1-16-7-3-6-15-9-8(10(11,12)13)4-2-5-14-9/h2,4-5H,3,6-7H2,1H3,(H,14,15). The van der Waals surface area contributed by atoms with E-state index in [2.05, 4.69) is 10.3 Å². The maximum Gasteiger partial charge on any atom is 0.419 e. The van der Waals surface area contributed by atoms with Crippen LogP contribution in [0.1, 0.15) is 12.0 Å². The van der Waals surface area contributed by atoms with Gasteiger partial charge in [-0.2, -0.15) is 24.9 Å². The van der Waals surface area contributed by atoms with E-state index in [1.54, 1.807) is 11.8 Å². The molecule has 0 aliphatic carbocycles. The number of hydrogen-bond acceptors (Lipinski definition) is 3. The summed E-state index contributed by atoms with van der Waals surface area (Å²) < 4.78 is 37.6. The van der Waals surface area contributed by atoms with E-state index in [9.17, 15) is 13.2 Å². The number of nitrogens with one attached hydrogen (secondary N) is 1. The predicted octanol–water partition coefficient (Wildman–Crippen LogP) is 3.27. The van der Waals surface area contributed by atoms with E-state index < -0.39 is 11.7 Å². The number of pyridine rings is 1. The molecule has 1 aromatic heterocycles. The van der Waals surface area contributed by atoms with Crippen molar-refractivity contribution in [1.82, 2.24) is 4.98 Å². The quantitative estimate of drug-likeness (QED) is 0.812. The van der Waals surface area contributed by atoms with Gasteiger partial charge in [0.25, 0.3) is 0 Å². The van der Waals surface area contributed by atoms with Crippen LogP contribution in [0.25, 0.3) is 0 Å². The van der Waals surface area contributed by atoms with Gasteiger partial charge in [0.2, 0.25) is 0 Å². The number of aromatic nitrogens is 1. The van der Waals surface area contributed by atoms with Crippen molar-refractivity contribution in [3.8, 4) is 0 Å². The Hall–Kier alpha value is -0.910. The second-order valence-corrected chi connectivity index (χ2v) is 4.16.